The van der Waals surface area contributed by atoms with Crippen molar-refractivity contribution in [2.45, 2.75) is 31.2 Å². The van der Waals surface area contributed by atoms with Gasteiger partial charge in [0.15, 0.2) is 0 Å². The Morgan fingerprint density at radius 1 is 1.60 bits per heavy atom. The van der Waals surface area contributed by atoms with E-state index in [1.54, 1.807) is 0 Å². The molecule has 0 N–H and O–H groups in total. The number of hydrogen-bond acceptors (Lipinski definition) is 2. The Hall–Kier alpha value is 0.620. The van der Waals surface area contributed by atoms with E-state index in [0.29, 0.717) is 16.8 Å². The summed E-state index contributed by atoms with van der Waals surface area (Å²) in [5.74, 6) is 0.606. The molecule has 1 aromatic rings. The topological polar surface area (TPSA) is 9.23 Å². The first kappa shape index (κ1) is 12.1. The summed E-state index contributed by atoms with van der Waals surface area (Å²) in [5, 5.41) is 0. The number of thiophene rings is 1. The van der Waals surface area contributed by atoms with E-state index in [1.165, 1.54) is 14.2 Å². The van der Waals surface area contributed by atoms with Gasteiger partial charge in [-0.1, -0.05) is 15.9 Å². The second-order valence-corrected chi connectivity index (χ2v) is 7.24. The summed E-state index contributed by atoms with van der Waals surface area (Å²) in [5.41, 5.74) is 0. The molecule has 0 spiro atoms. The lowest BCUT2D eigenvalue weighted by atomic mass is 10.0. The molecular formula is C11H14Br2OS. The monoisotopic (exact) mass is 352 g/mol. The second kappa shape index (κ2) is 4.86. The zero-order valence-electron chi connectivity index (χ0n) is 8.80. The van der Waals surface area contributed by atoms with Crippen LogP contribution in [0.3, 0.4) is 0 Å². The summed E-state index contributed by atoms with van der Waals surface area (Å²) in [7, 11) is 0. The summed E-state index contributed by atoms with van der Waals surface area (Å²) in [6.07, 6.45) is 1.56. The molecule has 1 aliphatic rings. The Bertz CT molecular complexity index is 350. The van der Waals surface area contributed by atoms with Gasteiger partial charge in [-0.15, -0.1) is 11.3 Å². The quantitative estimate of drug-likeness (QED) is 0.701. The number of aryl methyl sites for hydroxylation is 1. The molecule has 1 aliphatic heterocycles. The molecule has 0 saturated carbocycles. The van der Waals surface area contributed by atoms with Crippen LogP contribution in [0.4, 0.5) is 0 Å². The van der Waals surface area contributed by atoms with Crippen LogP contribution in [0, 0.1) is 12.8 Å². The first-order valence-electron chi connectivity index (χ1n) is 5.09. The molecule has 3 atom stereocenters. The van der Waals surface area contributed by atoms with Crippen LogP contribution in [0.1, 0.15) is 27.9 Å². The summed E-state index contributed by atoms with van der Waals surface area (Å²) in [6, 6.07) is 2.19. The van der Waals surface area contributed by atoms with Crippen molar-refractivity contribution in [2.24, 2.45) is 5.92 Å². The Kier molecular flexibility index (Phi) is 3.92. The minimum atomic E-state index is 0.412. The smallest absolute Gasteiger partial charge is 0.0551 e. The maximum absolute atomic E-state index is 5.61. The highest BCUT2D eigenvalue weighted by molar-refractivity contribution is 9.11. The number of alkyl halides is 1. The maximum atomic E-state index is 5.61. The van der Waals surface area contributed by atoms with E-state index in [4.69, 9.17) is 4.74 Å². The van der Waals surface area contributed by atoms with Gasteiger partial charge < -0.3 is 4.74 Å². The molecule has 0 bridgehead atoms. The van der Waals surface area contributed by atoms with Crippen molar-refractivity contribution in [3.63, 3.8) is 0 Å². The van der Waals surface area contributed by atoms with E-state index in [1.807, 2.05) is 11.3 Å². The molecule has 0 aromatic carbocycles. The molecule has 0 aliphatic carbocycles. The number of halogens is 2. The summed E-state index contributed by atoms with van der Waals surface area (Å²) >= 11 is 9.29. The molecule has 2 heterocycles. The SMILES string of the molecule is Cc1cc(Br)c(C(Br)C2COC(C)C2)s1. The predicted molar refractivity (Wildman–Crippen MR) is 71.9 cm³/mol. The number of hydrogen-bond donors (Lipinski definition) is 0. The van der Waals surface area contributed by atoms with Crippen molar-refractivity contribution in [3.8, 4) is 0 Å². The van der Waals surface area contributed by atoms with Crippen LogP contribution < -0.4 is 0 Å². The van der Waals surface area contributed by atoms with E-state index in [0.717, 1.165) is 13.0 Å². The van der Waals surface area contributed by atoms with Crippen LogP contribution in [0.5, 0.6) is 0 Å². The van der Waals surface area contributed by atoms with Crippen molar-refractivity contribution in [1.29, 1.82) is 0 Å². The van der Waals surface area contributed by atoms with Crippen LogP contribution in [0.15, 0.2) is 10.5 Å². The van der Waals surface area contributed by atoms with Crippen molar-refractivity contribution < 1.29 is 4.74 Å². The highest BCUT2D eigenvalue weighted by Gasteiger charge is 2.30. The van der Waals surface area contributed by atoms with Gasteiger partial charge in [0.1, 0.15) is 0 Å². The standard InChI is InChI=1S/C11H14Br2OS/c1-6-3-8(5-14-6)10(13)11-9(12)4-7(2)15-11/h4,6,8,10H,3,5H2,1-2H3. The van der Waals surface area contributed by atoms with Crippen LogP contribution in [-0.2, 0) is 4.74 Å². The Morgan fingerprint density at radius 2 is 2.33 bits per heavy atom. The van der Waals surface area contributed by atoms with E-state index in [-0.39, 0.29) is 0 Å². The van der Waals surface area contributed by atoms with Gasteiger partial charge in [0.25, 0.3) is 0 Å². The van der Waals surface area contributed by atoms with Gasteiger partial charge in [-0.25, -0.2) is 0 Å². The van der Waals surface area contributed by atoms with Gasteiger partial charge in [-0.2, -0.15) is 0 Å². The first-order chi connectivity index (χ1) is 7.08. The van der Waals surface area contributed by atoms with Gasteiger partial charge in [-0.05, 0) is 42.3 Å². The van der Waals surface area contributed by atoms with Gasteiger partial charge >= 0.3 is 0 Å². The average Bonchev–Trinajstić information content (AvgIpc) is 2.71. The van der Waals surface area contributed by atoms with Crippen molar-refractivity contribution in [2.75, 3.05) is 6.61 Å². The van der Waals surface area contributed by atoms with Crippen LogP contribution in [-0.4, -0.2) is 12.7 Å². The van der Waals surface area contributed by atoms with Gasteiger partial charge in [0.2, 0.25) is 0 Å². The molecule has 2 rings (SSSR count). The molecule has 1 fully saturated rings. The highest BCUT2D eigenvalue weighted by Crippen LogP contribution is 2.44. The lowest BCUT2D eigenvalue weighted by Crippen LogP contribution is -2.06. The second-order valence-electron chi connectivity index (χ2n) is 4.11. The molecule has 1 aromatic heterocycles. The zero-order chi connectivity index (χ0) is 11.0. The largest absolute Gasteiger partial charge is 0.378 e. The first-order valence-corrected chi connectivity index (χ1v) is 7.62. The molecule has 3 unspecified atom stereocenters. The summed E-state index contributed by atoms with van der Waals surface area (Å²) in [6.45, 7) is 5.17. The van der Waals surface area contributed by atoms with E-state index >= 15 is 0 Å². The zero-order valence-corrected chi connectivity index (χ0v) is 12.8. The normalized spacial score (nSPS) is 28.3. The van der Waals surface area contributed by atoms with E-state index in [2.05, 4.69) is 51.8 Å². The molecule has 0 radical (unpaired) electrons. The molecule has 15 heavy (non-hydrogen) atoms. The van der Waals surface area contributed by atoms with Crippen LogP contribution >= 0.6 is 43.2 Å². The van der Waals surface area contributed by atoms with Gasteiger partial charge in [0, 0.05) is 20.1 Å². The van der Waals surface area contributed by atoms with E-state index in [9.17, 15) is 0 Å². The van der Waals surface area contributed by atoms with Crippen molar-refractivity contribution in [1.82, 2.24) is 0 Å². The van der Waals surface area contributed by atoms with Crippen LogP contribution in [0.25, 0.3) is 0 Å². The third-order valence-electron chi connectivity index (χ3n) is 2.73. The summed E-state index contributed by atoms with van der Waals surface area (Å²) < 4.78 is 6.84. The molecular weight excluding hydrogens is 340 g/mol. The van der Waals surface area contributed by atoms with Crippen molar-refractivity contribution in [3.05, 3.63) is 20.3 Å². The molecule has 1 saturated heterocycles. The molecule has 4 heteroatoms. The van der Waals surface area contributed by atoms with Gasteiger partial charge in [0.05, 0.1) is 17.5 Å². The third kappa shape index (κ3) is 2.65. The van der Waals surface area contributed by atoms with E-state index < -0.39 is 0 Å². The highest BCUT2D eigenvalue weighted by atomic mass is 79.9. The Labute approximate surface area is 111 Å². The lowest BCUT2D eigenvalue weighted by Gasteiger charge is -2.14. The Balaban J connectivity index is 2.13. The number of rotatable bonds is 2. The van der Waals surface area contributed by atoms with Crippen molar-refractivity contribution >= 4 is 43.2 Å². The fourth-order valence-corrected chi connectivity index (χ4v) is 5.13. The maximum Gasteiger partial charge on any atom is 0.0551 e. The fraction of sp³-hybridized carbons (Fsp3) is 0.636. The Morgan fingerprint density at radius 3 is 2.80 bits per heavy atom. The minimum absolute atomic E-state index is 0.412. The average molecular weight is 354 g/mol. The molecule has 0 amide bonds. The third-order valence-corrected chi connectivity index (χ3v) is 6.29. The predicted octanol–water partition coefficient (Wildman–Crippen LogP) is 4.68. The minimum Gasteiger partial charge on any atom is -0.378 e. The van der Waals surface area contributed by atoms with Gasteiger partial charge in [-0.3, -0.25) is 0 Å². The fourth-order valence-electron chi connectivity index (χ4n) is 1.96. The summed E-state index contributed by atoms with van der Waals surface area (Å²) in [4.78, 5) is 3.18. The molecule has 1 nitrogen and oxygen atoms in total. The number of ether oxygens (including phenoxy) is 1. The lowest BCUT2D eigenvalue weighted by molar-refractivity contribution is 0.120. The van der Waals surface area contributed by atoms with Crippen LogP contribution in [0.2, 0.25) is 0 Å². The molecule has 84 valence electrons.